The summed E-state index contributed by atoms with van der Waals surface area (Å²) in [6.07, 6.45) is 4.32. The van der Waals surface area contributed by atoms with Crippen LogP contribution in [0, 0.1) is 0 Å². The van der Waals surface area contributed by atoms with Crippen LogP contribution in [-0.4, -0.2) is 16.6 Å². The van der Waals surface area contributed by atoms with Crippen LogP contribution in [0.15, 0.2) is 0 Å². The topological polar surface area (TPSA) is 63.9 Å². The number of aromatic amines is 1. The lowest BCUT2D eigenvalue weighted by Crippen LogP contribution is -2.17. The standard InChI is InChI=1S/C11H19N3O/c1-2-6-15-7-10-13-9-5-3-4-8(12)11(9)14-10/h8H,2-7,12H2,1H3,(H,13,14). The van der Waals surface area contributed by atoms with Crippen molar-refractivity contribution in [2.45, 2.75) is 45.3 Å². The van der Waals surface area contributed by atoms with Gasteiger partial charge in [0.05, 0.1) is 5.69 Å². The minimum Gasteiger partial charge on any atom is -0.374 e. The van der Waals surface area contributed by atoms with E-state index in [0.717, 1.165) is 43.8 Å². The van der Waals surface area contributed by atoms with Crippen molar-refractivity contribution in [1.82, 2.24) is 9.97 Å². The molecule has 0 radical (unpaired) electrons. The molecule has 0 aliphatic heterocycles. The average Bonchev–Trinajstić information content (AvgIpc) is 2.63. The van der Waals surface area contributed by atoms with E-state index in [9.17, 15) is 0 Å². The molecule has 1 aromatic heterocycles. The lowest BCUT2D eigenvalue weighted by atomic mass is 9.97. The summed E-state index contributed by atoms with van der Waals surface area (Å²) in [4.78, 5) is 7.80. The summed E-state index contributed by atoms with van der Waals surface area (Å²) < 4.78 is 5.45. The maximum Gasteiger partial charge on any atom is 0.132 e. The molecule has 1 aromatic rings. The first-order valence-electron chi connectivity index (χ1n) is 5.72. The van der Waals surface area contributed by atoms with Crippen LogP contribution < -0.4 is 5.73 Å². The summed E-state index contributed by atoms with van der Waals surface area (Å²) in [7, 11) is 0. The van der Waals surface area contributed by atoms with Crippen LogP contribution in [0.1, 0.15) is 49.4 Å². The molecule has 1 aliphatic carbocycles. The third kappa shape index (κ3) is 2.38. The number of hydrogen-bond donors (Lipinski definition) is 2. The van der Waals surface area contributed by atoms with E-state index in [1.807, 2.05) is 0 Å². The molecule has 0 aromatic carbocycles. The fourth-order valence-electron chi connectivity index (χ4n) is 1.99. The van der Waals surface area contributed by atoms with Crippen molar-refractivity contribution >= 4 is 0 Å². The van der Waals surface area contributed by atoms with Gasteiger partial charge in [0.1, 0.15) is 12.4 Å². The third-order valence-electron chi connectivity index (χ3n) is 2.74. The quantitative estimate of drug-likeness (QED) is 0.741. The summed E-state index contributed by atoms with van der Waals surface area (Å²) in [6.45, 7) is 3.47. The number of nitrogens with two attached hydrogens (primary N) is 1. The second-order valence-electron chi connectivity index (χ2n) is 4.10. The normalized spacial score (nSPS) is 20.3. The summed E-state index contributed by atoms with van der Waals surface area (Å²) in [5, 5.41) is 0. The molecule has 0 bridgehead atoms. The van der Waals surface area contributed by atoms with Gasteiger partial charge in [0.2, 0.25) is 0 Å². The zero-order valence-electron chi connectivity index (χ0n) is 9.25. The minimum absolute atomic E-state index is 0.116. The fourth-order valence-corrected chi connectivity index (χ4v) is 1.99. The molecule has 1 heterocycles. The van der Waals surface area contributed by atoms with E-state index < -0.39 is 0 Å². The molecule has 0 spiro atoms. The second kappa shape index (κ2) is 4.77. The Hall–Kier alpha value is -0.870. The number of ether oxygens (including phenoxy) is 1. The largest absolute Gasteiger partial charge is 0.374 e. The van der Waals surface area contributed by atoms with Gasteiger partial charge in [-0.05, 0) is 25.7 Å². The molecule has 0 amide bonds. The van der Waals surface area contributed by atoms with Gasteiger partial charge in [0, 0.05) is 18.3 Å². The fraction of sp³-hybridized carbons (Fsp3) is 0.727. The Labute approximate surface area is 90.2 Å². The van der Waals surface area contributed by atoms with Gasteiger partial charge in [-0.25, -0.2) is 4.98 Å². The number of aryl methyl sites for hydroxylation is 1. The highest BCUT2D eigenvalue weighted by atomic mass is 16.5. The number of fused-ring (bicyclic) bond motifs is 1. The average molecular weight is 209 g/mol. The monoisotopic (exact) mass is 209 g/mol. The Morgan fingerprint density at radius 2 is 2.47 bits per heavy atom. The van der Waals surface area contributed by atoms with E-state index in [2.05, 4.69) is 16.9 Å². The smallest absolute Gasteiger partial charge is 0.132 e. The summed E-state index contributed by atoms with van der Waals surface area (Å²) in [6, 6.07) is 0.116. The highest BCUT2D eigenvalue weighted by molar-refractivity contribution is 5.20. The third-order valence-corrected chi connectivity index (χ3v) is 2.74. The maximum absolute atomic E-state index is 5.99. The van der Waals surface area contributed by atoms with Crippen molar-refractivity contribution in [2.75, 3.05) is 6.61 Å². The SMILES string of the molecule is CCCOCc1nc2c([nH]1)CCCC2N. The van der Waals surface area contributed by atoms with Gasteiger partial charge >= 0.3 is 0 Å². The van der Waals surface area contributed by atoms with E-state index in [4.69, 9.17) is 10.5 Å². The van der Waals surface area contributed by atoms with Crippen LogP contribution in [0.2, 0.25) is 0 Å². The molecule has 0 saturated heterocycles. The zero-order chi connectivity index (χ0) is 10.7. The highest BCUT2D eigenvalue weighted by Crippen LogP contribution is 2.25. The number of H-pyrrole nitrogens is 1. The molecule has 84 valence electrons. The molecule has 4 heteroatoms. The predicted octanol–water partition coefficient (Wildman–Crippen LogP) is 1.67. The van der Waals surface area contributed by atoms with Crippen molar-refractivity contribution in [3.63, 3.8) is 0 Å². The van der Waals surface area contributed by atoms with E-state index in [-0.39, 0.29) is 6.04 Å². The Kier molecular flexibility index (Phi) is 3.38. The van der Waals surface area contributed by atoms with Gasteiger partial charge in [0.25, 0.3) is 0 Å². The highest BCUT2D eigenvalue weighted by Gasteiger charge is 2.20. The summed E-state index contributed by atoms with van der Waals surface area (Å²) in [5.41, 5.74) is 8.26. The molecule has 1 unspecified atom stereocenters. The Morgan fingerprint density at radius 3 is 3.20 bits per heavy atom. The number of rotatable bonds is 4. The van der Waals surface area contributed by atoms with Crippen molar-refractivity contribution in [2.24, 2.45) is 5.73 Å². The molecule has 3 N–H and O–H groups in total. The van der Waals surface area contributed by atoms with Crippen LogP contribution in [0.4, 0.5) is 0 Å². The van der Waals surface area contributed by atoms with Gasteiger partial charge in [-0.15, -0.1) is 0 Å². The Balaban J connectivity index is 2.01. The number of nitrogens with one attached hydrogen (secondary N) is 1. The van der Waals surface area contributed by atoms with Gasteiger partial charge < -0.3 is 15.5 Å². The first-order chi connectivity index (χ1) is 7.31. The van der Waals surface area contributed by atoms with E-state index in [0.29, 0.717) is 6.61 Å². The first-order valence-corrected chi connectivity index (χ1v) is 5.72. The number of aromatic nitrogens is 2. The van der Waals surface area contributed by atoms with Crippen LogP contribution in [0.3, 0.4) is 0 Å². The van der Waals surface area contributed by atoms with E-state index in [1.165, 1.54) is 5.69 Å². The lowest BCUT2D eigenvalue weighted by molar-refractivity contribution is 0.116. The van der Waals surface area contributed by atoms with Gasteiger partial charge in [-0.1, -0.05) is 6.92 Å². The molecule has 1 aliphatic rings. The molecule has 0 fully saturated rings. The molecule has 15 heavy (non-hydrogen) atoms. The van der Waals surface area contributed by atoms with Crippen molar-refractivity contribution in [3.05, 3.63) is 17.2 Å². The number of nitrogens with zero attached hydrogens (tertiary/aromatic N) is 1. The van der Waals surface area contributed by atoms with Crippen molar-refractivity contribution in [1.29, 1.82) is 0 Å². The van der Waals surface area contributed by atoms with Gasteiger partial charge in [-0.2, -0.15) is 0 Å². The molecule has 2 rings (SSSR count). The lowest BCUT2D eigenvalue weighted by Gasteiger charge is -2.15. The maximum atomic E-state index is 5.99. The predicted molar refractivity (Wildman–Crippen MR) is 58.4 cm³/mol. The number of hydrogen-bond acceptors (Lipinski definition) is 3. The first kappa shape index (κ1) is 10.6. The van der Waals surface area contributed by atoms with Gasteiger partial charge in [-0.3, -0.25) is 0 Å². The second-order valence-corrected chi connectivity index (χ2v) is 4.10. The summed E-state index contributed by atoms with van der Waals surface area (Å²) in [5.74, 6) is 0.922. The molecular formula is C11H19N3O. The Bertz CT molecular complexity index is 322. The molecule has 4 nitrogen and oxygen atoms in total. The van der Waals surface area contributed by atoms with Crippen LogP contribution in [0.5, 0.6) is 0 Å². The minimum atomic E-state index is 0.116. The van der Waals surface area contributed by atoms with Crippen molar-refractivity contribution in [3.8, 4) is 0 Å². The van der Waals surface area contributed by atoms with Crippen LogP contribution in [-0.2, 0) is 17.8 Å². The molecule has 0 saturated carbocycles. The van der Waals surface area contributed by atoms with Crippen LogP contribution >= 0.6 is 0 Å². The summed E-state index contributed by atoms with van der Waals surface area (Å²) >= 11 is 0. The number of imidazole rings is 1. The Morgan fingerprint density at radius 1 is 1.60 bits per heavy atom. The zero-order valence-corrected chi connectivity index (χ0v) is 9.25. The van der Waals surface area contributed by atoms with E-state index in [1.54, 1.807) is 0 Å². The molecular weight excluding hydrogens is 190 g/mol. The molecule has 1 atom stereocenters. The van der Waals surface area contributed by atoms with Crippen LogP contribution in [0.25, 0.3) is 0 Å². The van der Waals surface area contributed by atoms with Crippen molar-refractivity contribution < 1.29 is 4.74 Å². The van der Waals surface area contributed by atoms with Gasteiger partial charge in [0.15, 0.2) is 0 Å². The van der Waals surface area contributed by atoms with E-state index >= 15 is 0 Å².